The number of benzene rings is 1. The number of carboxylic acid groups (broad SMARTS) is 1. The normalized spacial score (nSPS) is 10.7. The molecule has 1 aromatic heterocycles. The molecule has 0 bridgehead atoms. The van der Waals surface area contributed by atoms with Crippen LogP contribution in [0.4, 0.5) is 4.39 Å². The van der Waals surface area contributed by atoms with Crippen molar-refractivity contribution in [1.82, 2.24) is 9.78 Å². The van der Waals surface area contributed by atoms with Crippen LogP contribution >= 0.6 is 11.6 Å². The number of carbonyl (C=O) groups is 1. The SMILES string of the molecule is CCCc1nn(-c2ccc(F)cc2)c(Cl)c1C(=O)O. The van der Waals surface area contributed by atoms with Gasteiger partial charge in [0.25, 0.3) is 0 Å². The minimum atomic E-state index is -1.11. The Morgan fingerprint density at radius 1 is 1.42 bits per heavy atom. The van der Waals surface area contributed by atoms with E-state index in [9.17, 15) is 14.3 Å². The fourth-order valence-electron chi connectivity index (χ4n) is 1.82. The van der Waals surface area contributed by atoms with Crippen molar-refractivity contribution in [2.45, 2.75) is 19.8 Å². The average molecular weight is 283 g/mol. The van der Waals surface area contributed by atoms with E-state index in [0.717, 1.165) is 6.42 Å². The summed E-state index contributed by atoms with van der Waals surface area (Å²) in [5.41, 5.74) is 0.966. The van der Waals surface area contributed by atoms with Crippen molar-refractivity contribution >= 4 is 17.6 Å². The third kappa shape index (κ3) is 2.61. The molecular formula is C13H12ClFN2O2. The minimum Gasteiger partial charge on any atom is -0.478 e. The molecule has 0 amide bonds. The molecule has 0 aliphatic heterocycles. The van der Waals surface area contributed by atoms with Crippen molar-refractivity contribution in [3.63, 3.8) is 0 Å². The molecule has 0 saturated carbocycles. The largest absolute Gasteiger partial charge is 0.478 e. The second-order valence-electron chi connectivity index (χ2n) is 4.06. The Hall–Kier alpha value is -1.88. The molecule has 2 rings (SSSR count). The Bertz CT molecular complexity index is 608. The fraction of sp³-hybridized carbons (Fsp3) is 0.231. The van der Waals surface area contributed by atoms with E-state index in [-0.39, 0.29) is 16.5 Å². The van der Waals surface area contributed by atoms with Gasteiger partial charge in [-0.1, -0.05) is 24.9 Å². The Labute approximate surface area is 114 Å². The maximum atomic E-state index is 12.9. The van der Waals surface area contributed by atoms with Gasteiger partial charge in [0, 0.05) is 0 Å². The summed E-state index contributed by atoms with van der Waals surface area (Å²) in [6, 6.07) is 5.53. The van der Waals surface area contributed by atoms with Crippen molar-refractivity contribution in [1.29, 1.82) is 0 Å². The lowest BCUT2D eigenvalue weighted by molar-refractivity contribution is 0.0696. The summed E-state index contributed by atoms with van der Waals surface area (Å²) in [5.74, 6) is -1.49. The highest BCUT2D eigenvalue weighted by molar-refractivity contribution is 6.32. The van der Waals surface area contributed by atoms with Crippen LogP contribution in [0.3, 0.4) is 0 Å². The molecule has 19 heavy (non-hydrogen) atoms. The number of aryl methyl sites for hydroxylation is 1. The van der Waals surface area contributed by atoms with Crippen molar-refractivity contribution in [2.75, 3.05) is 0 Å². The minimum absolute atomic E-state index is 0.00726. The lowest BCUT2D eigenvalue weighted by atomic mass is 10.2. The van der Waals surface area contributed by atoms with E-state index >= 15 is 0 Å². The number of halogens is 2. The van der Waals surface area contributed by atoms with Gasteiger partial charge in [0.15, 0.2) is 0 Å². The predicted molar refractivity (Wildman–Crippen MR) is 69.5 cm³/mol. The second kappa shape index (κ2) is 5.40. The lowest BCUT2D eigenvalue weighted by Gasteiger charge is -2.02. The first-order chi connectivity index (χ1) is 9.04. The van der Waals surface area contributed by atoms with Crippen LogP contribution in [0.15, 0.2) is 24.3 Å². The van der Waals surface area contributed by atoms with Gasteiger partial charge in [-0.25, -0.2) is 13.9 Å². The average Bonchev–Trinajstić information content (AvgIpc) is 2.68. The molecule has 0 unspecified atom stereocenters. The van der Waals surface area contributed by atoms with Crippen LogP contribution in [0.2, 0.25) is 5.15 Å². The molecule has 100 valence electrons. The third-order valence-corrected chi connectivity index (χ3v) is 3.02. The molecule has 4 nitrogen and oxygen atoms in total. The number of aromatic carboxylic acids is 1. The van der Waals surface area contributed by atoms with E-state index in [1.54, 1.807) is 0 Å². The van der Waals surface area contributed by atoms with Crippen LogP contribution in [0, 0.1) is 5.82 Å². The molecule has 0 spiro atoms. The highest BCUT2D eigenvalue weighted by atomic mass is 35.5. The molecule has 2 aromatic rings. The Balaban J connectivity index is 2.55. The molecule has 0 radical (unpaired) electrons. The summed E-state index contributed by atoms with van der Waals surface area (Å²) in [4.78, 5) is 11.2. The Kier molecular flexibility index (Phi) is 3.85. The van der Waals surface area contributed by atoms with Gasteiger partial charge in [0.05, 0.1) is 11.4 Å². The smallest absolute Gasteiger partial charge is 0.340 e. The Morgan fingerprint density at radius 2 is 2.05 bits per heavy atom. The number of rotatable bonds is 4. The zero-order chi connectivity index (χ0) is 14.0. The molecule has 6 heteroatoms. The fourth-order valence-corrected chi connectivity index (χ4v) is 2.14. The van der Waals surface area contributed by atoms with Crippen LogP contribution < -0.4 is 0 Å². The monoisotopic (exact) mass is 282 g/mol. The van der Waals surface area contributed by atoms with Crippen LogP contribution in [-0.4, -0.2) is 20.9 Å². The van der Waals surface area contributed by atoms with Gasteiger partial charge in [-0.15, -0.1) is 0 Å². The van der Waals surface area contributed by atoms with E-state index in [4.69, 9.17) is 11.6 Å². The van der Waals surface area contributed by atoms with Crippen molar-refractivity contribution < 1.29 is 14.3 Å². The van der Waals surface area contributed by atoms with Crippen LogP contribution in [0.5, 0.6) is 0 Å². The van der Waals surface area contributed by atoms with Gasteiger partial charge in [0.2, 0.25) is 0 Å². The van der Waals surface area contributed by atoms with E-state index in [1.165, 1.54) is 28.9 Å². The standard InChI is InChI=1S/C13H12ClFN2O2/c1-2-3-10-11(13(18)19)12(14)17(16-10)9-6-4-8(15)5-7-9/h4-7H,2-3H2,1H3,(H,18,19). The lowest BCUT2D eigenvalue weighted by Crippen LogP contribution is -2.00. The molecular weight excluding hydrogens is 271 g/mol. The molecule has 0 aliphatic carbocycles. The molecule has 1 N–H and O–H groups in total. The van der Waals surface area contributed by atoms with E-state index < -0.39 is 5.97 Å². The number of carboxylic acids is 1. The van der Waals surface area contributed by atoms with E-state index in [0.29, 0.717) is 17.8 Å². The highest BCUT2D eigenvalue weighted by Crippen LogP contribution is 2.24. The summed E-state index contributed by atoms with van der Waals surface area (Å²) in [6.07, 6.45) is 1.28. The summed E-state index contributed by atoms with van der Waals surface area (Å²) >= 11 is 6.06. The topological polar surface area (TPSA) is 55.1 Å². The van der Waals surface area contributed by atoms with Crippen LogP contribution in [-0.2, 0) is 6.42 Å². The molecule has 0 aliphatic rings. The summed E-state index contributed by atoms with van der Waals surface area (Å²) in [7, 11) is 0. The number of nitrogens with zero attached hydrogens (tertiary/aromatic N) is 2. The quantitative estimate of drug-likeness (QED) is 0.936. The van der Waals surface area contributed by atoms with Crippen LogP contribution in [0.25, 0.3) is 5.69 Å². The number of aromatic nitrogens is 2. The van der Waals surface area contributed by atoms with Gasteiger partial charge in [-0.2, -0.15) is 5.10 Å². The zero-order valence-corrected chi connectivity index (χ0v) is 11.0. The number of hydrogen-bond donors (Lipinski definition) is 1. The number of hydrogen-bond acceptors (Lipinski definition) is 2. The molecule has 0 fully saturated rings. The second-order valence-corrected chi connectivity index (χ2v) is 4.41. The van der Waals surface area contributed by atoms with E-state index in [2.05, 4.69) is 5.10 Å². The third-order valence-electron chi connectivity index (χ3n) is 2.67. The van der Waals surface area contributed by atoms with Crippen molar-refractivity contribution in [3.05, 3.63) is 46.5 Å². The highest BCUT2D eigenvalue weighted by Gasteiger charge is 2.22. The first-order valence-electron chi connectivity index (χ1n) is 5.81. The van der Waals surface area contributed by atoms with Gasteiger partial charge in [-0.05, 0) is 30.7 Å². The molecule has 0 saturated heterocycles. The van der Waals surface area contributed by atoms with Crippen molar-refractivity contribution in [3.8, 4) is 5.69 Å². The first kappa shape index (κ1) is 13.5. The molecule has 1 heterocycles. The van der Waals surface area contributed by atoms with Crippen LogP contribution in [0.1, 0.15) is 29.4 Å². The van der Waals surface area contributed by atoms with Gasteiger partial charge >= 0.3 is 5.97 Å². The maximum absolute atomic E-state index is 12.9. The molecule has 1 aromatic carbocycles. The van der Waals surface area contributed by atoms with E-state index in [1.807, 2.05) is 6.92 Å². The van der Waals surface area contributed by atoms with Crippen molar-refractivity contribution in [2.24, 2.45) is 0 Å². The van der Waals surface area contributed by atoms with Gasteiger partial charge in [-0.3, -0.25) is 0 Å². The predicted octanol–water partition coefficient (Wildman–Crippen LogP) is 3.32. The molecule has 0 atom stereocenters. The van der Waals surface area contributed by atoms with Gasteiger partial charge in [0.1, 0.15) is 16.5 Å². The first-order valence-corrected chi connectivity index (χ1v) is 6.19. The summed E-state index contributed by atoms with van der Waals surface area (Å²) in [5, 5.41) is 13.4. The van der Waals surface area contributed by atoms with Gasteiger partial charge < -0.3 is 5.11 Å². The summed E-state index contributed by atoms with van der Waals surface area (Å²) < 4.78 is 14.2. The zero-order valence-electron chi connectivity index (χ0n) is 10.2. The Morgan fingerprint density at radius 3 is 2.58 bits per heavy atom. The maximum Gasteiger partial charge on any atom is 0.340 e. The summed E-state index contributed by atoms with van der Waals surface area (Å²) in [6.45, 7) is 1.93.